The fraction of sp³-hybridized carbons (Fsp3) is 0.650. The van der Waals surface area contributed by atoms with Crippen molar-refractivity contribution in [2.45, 2.75) is 83.6 Å². The Kier molecular flexibility index (Phi) is 5.53. The van der Waals surface area contributed by atoms with Crippen LogP contribution < -0.4 is 0 Å². The predicted octanol–water partition coefficient (Wildman–Crippen LogP) is 6.05. The van der Waals surface area contributed by atoms with Crippen molar-refractivity contribution in [2.75, 3.05) is 0 Å². The quantitative estimate of drug-likeness (QED) is 0.488. The lowest BCUT2D eigenvalue weighted by molar-refractivity contribution is 0.540. The summed E-state index contributed by atoms with van der Waals surface area (Å²) in [6.07, 6.45) is 13.8. The van der Waals surface area contributed by atoms with Gasteiger partial charge in [0.15, 0.2) is 0 Å². The van der Waals surface area contributed by atoms with Crippen molar-refractivity contribution in [3.05, 3.63) is 30.1 Å². The summed E-state index contributed by atoms with van der Waals surface area (Å²) in [5, 5.41) is 0. The molecule has 0 bridgehead atoms. The molecule has 1 aromatic carbocycles. The Hall–Kier alpha value is -1.31. The van der Waals surface area contributed by atoms with E-state index in [2.05, 4.69) is 35.8 Å². The second-order valence-corrected chi connectivity index (χ2v) is 6.86. The Morgan fingerprint density at radius 3 is 2.36 bits per heavy atom. The van der Waals surface area contributed by atoms with Gasteiger partial charge in [-0.25, -0.2) is 4.98 Å². The van der Waals surface area contributed by atoms with Gasteiger partial charge in [-0.15, -0.1) is 0 Å². The largest absolute Gasteiger partial charge is 0.328 e. The van der Waals surface area contributed by atoms with Crippen molar-refractivity contribution in [3.63, 3.8) is 0 Å². The van der Waals surface area contributed by atoms with Gasteiger partial charge in [-0.2, -0.15) is 0 Å². The molecule has 2 heteroatoms. The number of nitrogens with zero attached hydrogens (tertiary/aromatic N) is 2. The molecule has 0 amide bonds. The maximum absolute atomic E-state index is 4.89. The molecular formula is C20H30N2. The zero-order valence-corrected chi connectivity index (χ0v) is 14.1. The summed E-state index contributed by atoms with van der Waals surface area (Å²) in [5.74, 6) is 2.09. The summed E-state index contributed by atoms with van der Waals surface area (Å²) in [6.45, 7) is 3.44. The third kappa shape index (κ3) is 3.91. The normalized spacial score (nSPS) is 14.8. The molecule has 1 saturated carbocycles. The van der Waals surface area contributed by atoms with Gasteiger partial charge in [0.05, 0.1) is 11.0 Å². The zero-order chi connectivity index (χ0) is 15.2. The summed E-state index contributed by atoms with van der Waals surface area (Å²) in [6, 6.07) is 8.64. The molecule has 120 valence electrons. The lowest BCUT2D eigenvalue weighted by Gasteiger charge is -2.08. The van der Waals surface area contributed by atoms with E-state index in [1.54, 1.807) is 0 Å². The molecule has 1 aliphatic carbocycles. The molecule has 0 atom stereocenters. The van der Waals surface area contributed by atoms with E-state index in [4.69, 9.17) is 4.98 Å². The van der Waals surface area contributed by atoms with Gasteiger partial charge in [-0.3, -0.25) is 0 Å². The van der Waals surface area contributed by atoms with Crippen LogP contribution in [0.5, 0.6) is 0 Å². The highest BCUT2D eigenvalue weighted by Gasteiger charge is 2.29. The van der Waals surface area contributed by atoms with Gasteiger partial charge in [0.25, 0.3) is 0 Å². The van der Waals surface area contributed by atoms with Crippen molar-refractivity contribution in [2.24, 2.45) is 0 Å². The first kappa shape index (κ1) is 15.6. The van der Waals surface area contributed by atoms with Crippen LogP contribution in [-0.2, 0) is 6.54 Å². The molecule has 0 aliphatic heterocycles. The number of para-hydroxylation sites is 2. The highest BCUT2D eigenvalue weighted by Crippen LogP contribution is 2.40. The van der Waals surface area contributed by atoms with E-state index in [1.165, 1.54) is 81.1 Å². The monoisotopic (exact) mass is 298 g/mol. The number of hydrogen-bond acceptors (Lipinski definition) is 1. The first-order chi connectivity index (χ1) is 10.9. The van der Waals surface area contributed by atoms with Gasteiger partial charge >= 0.3 is 0 Å². The lowest BCUT2D eigenvalue weighted by atomic mass is 10.1. The summed E-state index contributed by atoms with van der Waals surface area (Å²) < 4.78 is 2.50. The van der Waals surface area contributed by atoms with E-state index in [0.29, 0.717) is 0 Å². The minimum Gasteiger partial charge on any atom is -0.328 e. The molecule has 22 heavy (non-hydrogen) atoms. The number of benzene rings is 1. The van der Waals surface area contributed by atoms with Crippen LogP contribution in [0.3, 0.4) is 0 Å². The van der Waals surface area contributed by atoms with Crippen molar-refractivity contribution in [3.8, 4) is 0 Å². The van der Waals surface area contributed by atoms with Gasteiger partial charge in [0.2, 0.25) is 0 Å². The van der Waals surface area contributed by atoms with Crippen LogP contribution in [0, 0.1) is 0 Å². The van der Waals surface area contributed by atoms with Crippen LogP contribution in [-0.4, -0.2) is 9.55 Å². The maximum Gasteiger partial charge on any atom is 0.112 e. The molecule has 1 aromatic heterocycles. The van der Waals surface area contributed by atoms with Crippen molar-refractivity contribution in [1.29, 1.82) is 0 Å². The Morgan fingerprint density at radius 2 is 1.64 bits per heavy atom. The Morgan fingerprint density at radius 1 is 0.955 bits per heavy atom. The smallest absolute Gasteiger partial charge is 0.112 e. The number of aryl methyl sites for hydroxylation is 1. The highest BCUT2D eigenvalue weighted by atomic mass is 15.1. The summed E-state index contributed by atoms with van der Waals surface area (Å²) in [7, 11) is 0. The number of fused-ring (bicyclic) bond motifs is 1. The van der Waals surface area contributed by atoms with E-state index >= 15 is 0 Å². The summed E-state index contributed by atoms with van der Waals surface area (Å²) in [5.41, 5.74) is 2.52. The van der Waals surface area contributed by atoms with Gasteiger partial charge in [-0.1, -0.05) is 64.0 Å². The van der Waals surface area contributed by atoms with Crippen LogP contribution in [0.4, 0.5) is 0 Å². The molecule has 1 aliphatic rings. The number of unbranched alkanes of at least 4 members (excludes halogenated alkanes) is 7. The molecule has 0 saturated heterocycles. The molecule has 0 spiro atoms. The topological polar surface area (TPSA) is 17.8 Å². The van der Waals surface area contributed by atoms with Crippen LogP contribution in [0.25, 0.3) is 11.0 Å². The first-order valence-corrected chi connectivity index (χ1v) is 9.35. The fourth-order valence-electron chi connectivity index (χ4n) is 3.39. The third-order valence-corrected chi connectivity index (χ3v) is 4.86. The van der Waals surface area contributed by atoms with E-state index in [1.807, 2.05) is 0 Å². The standard InChI is InChI=1S/C20H30N2/c1-2-3-4-5-6-7-8-11-16-22-19-13-10-9-12-18(19)21-20(22)17-14-15-17/h9-10,12-13,17H,2-8,11,14-16H2,1H3. The highest BCUT2D eigenvalue weighted by molar-refractivity contribution is 5.76. The van der Waals surface area contributed by atoms with E-state index < -0.39 is 0 Å². The Labute approximate surface area is 134 Å². The van der Waals surface area contributed by atoms with E-state index in [9.17, 15) is 0 Å². The molecule has 1 fully saturated rings. The second-order valence-electron chi connectivity index (χ2n) is 6.86. The van der Waals surface area contributed by atoms with Crippen LogP contribution in [0.2, 0.25) is 0 Å². The number of aromatic nitrogens is 2. The Bertz CT molecular complexity index is 580. The SMILES string of the molecule is CCCCCCCCCCn1c(C2CC2)nc2ccccc21. The molecule has 1 heterocycles. The molecule has 3 rings (SSSR count). The summed E-state index contributed by atoms with van der Waals surface area (Å²) >= 11 is 0. The van der Waals surface area contributed by atoms with E-state index in [-0.39, 0.29) is 0 Å². The van der Waals surface area contributed by atoms with Crippen LogP contribution >= 0.6 is 0 Å². The van der Waals surface area contributed by atoms with Crippen LogP contribution in [0.15, 0.2) is 24.3 Å². The Balaban J connectivity index is 1.49. The van der Waals surface area contributed by atoms with Crippen molar-refractivity contribution >= 4 is 11.0 Å². The van der Waals surface area contributed by atoms with Crippen molar-refractivity contribution in [1.82, 2.24) is 9.55 Å². The number of hydrogen-bond donors (Lipinski definition) is 0. The van der Waals surface area contributed by atoms with E-state index in [0.717, 1.165) is 12.5 Å². The average molecular weight is 298 g/mol. The van der Waals surface area contributed by atoms with Gasteiger partial charge < -0.3 is 4.57 Å². The minimum absolute atomic E-state index is 0.737. The minimum atomic E-state index is 0.737. The van der Waals surface area contributed by atoms with Crippen LogP contribution in [0.1, 0.15) is 82.9 Å². The molecule has 0 unspecified atom stereocenters. The molecule has 0 radical (unpaired) electrons. The van der Waals surface area contributed by atoms with Gasteiger partial charge in [0, 0.05) is 12.5 Å². The zero-order valence-electron chi connectivity index (χ0n) is 14.1. The first-order valence-electron chi connectivity index (χ1n) is 9.35. The molecule has 2 aromatic rings. The molecule has 2 nitrogen and oxygen atoms in total. The lowest BCUT2D eigenvalue weighted by Crippen LogP contribution is -2.03. The van der Waals surface area contributed by atoms with Gasteiger partial charge in [-0.05, 0) is 31.4 Å². The van der Waals surface area contributed by atoms with Gasteiger partial charge in [0.1, 0.15) is 5.82 Å². The summed E-state index contributed by atoms with van der Waals surface area (Å²) in [4.78, 5) is 4.89. The fourth-order valence-corrected chi connectivity index (χ4v) is 3.39. The van der Waals surface area contributed by atoms with Crippen molar-refractivity contribution < 1.29 is 0 Å². The number of imidazole rings is 1. The average Bonchev–Trinajstić information content (AvgIpc) is 3.32. The molecule has 0 N–H and O–H groups in total. The predicted molar refractivity (Wildman–Crippen MR) is 94.3 cm³/mol. The second kappa shape index (κ2) is 7.80. The third-order valence-electron chi connectivity index (χ3n) is 4.86. The number of rotatable bonds is 10. The maximum atomic E-state index is 4.89. The molecular weight excluding hydrogens is 268 g/mol.